The van der Waals surface area contributed by atoms with E-state index in [-0.39, 0.29) is 22.7 Å². The first-order valence-corrected chi connectivity index (χ1v) is 8.07. The van der Waals surface area contributed by atoms with Crippen molar-refractivity contribution in [2.75, 3.05) is 6.54 Å². The fourth-order valence-corrected chi connectivity index (χ4v) is 3.06. The standard InChI is InChI=1S/C17H13ClFN3O3/c18-12-6-10(3-4-13(12)19)8-22-9-11(7-15(22)23)16-20-17(25-21-16)14-2-1-5-24-14/h1-6,11H,7-9H2. The average molecular weight is 362 g/mol. The zero-order valence-corrected chi connectivity index (χ0v) is 13.7. The van der Waals surface area contributed by atoms with Gasteiger partial charge in [0.2, 0.25) is 5.91 Å². The molecule has 0 saturated carbocycles. The second-order valence-electron chi connectivity index (χ2n) is 5.86. The molecule has 0 spiro atoms. The molecule has 1 atom stereocenters. The Labute approximate surface area is 147 Å². The molecule has 0 bridgehead atoms. The topological polar surface area (TPSA) is 72.4 Å². The van der Waals surface area contributed by atoms with Crippen LogP contribution in [0.1, 0.15) is 23.7 Å². The zero-order chi connectivity index (χ0) is 17.4. The molecule has 1 aromatic carbocycles. The highest BCUT2D eigenvalue weighted by Gasteiger charge is 2.34. The minimum atomic E-state index is -0.478. The van der Waals surface area contributed by atoms with Crippen LogP contribution in [0, 0.1) is 5.82 Å². The molecular formula is C17H13ClFN3O3. The van der Waals surface area contributed by atoms with Crippen LogP contribution < -0.4 is 0 Å². The number of amides is 1. The Hall–Kier alpha value is -2.67. The van der Waals surface area contributed by atoms with Crippen molar-refractivity contribution < 1.29 is 18.1 Å². The van der Waals surface area contributed by atoms with Crippen LogP contribution in [0.4, 0.5) is 4.39 Å². The van der Waals surface area contributed by atoms with Crippen LogP contribution in [0.3, 0.4) is 0 Å². The maximum absolute atomic E-state index is 13.2. The van der Waals surface area contributed by atoms with Crippen molar-refractivity contribution in [3.63, 3.8) is 0 Å². The molecule has 8 heteroatoms. The SMILES string of the molecule is O=C1CC(c2noc(-c3ccco3)n2)CN1Cc1ccc(F)c(Cl)c1. The number of carbonyl (C=O) groups excluding carboxylic acids is 1. The summed E-state index contributed by atoms with van der Waals surface area (Å²) in [6.45, 7) is 0.823. The lowest BCUT2D eigenvalue weighted by atomic mass is 10.1. The third-order valence-electron chi connectivity index (χ3n) is 4.11. The Balaban J connectivity index is 1.47. The minimum Gasteiger partial charge on any atom is -0.459 e. The number of hydrogen-bond donors (Lipinski definition) is 0. The minimum absolute atomic E-state index is 0.0187. The van der Waals surface area contributed by atoms with Crippen LogP contribution in [-0.2, 0) is 11.3 Å². The molecule has 4 rings (SSSR count). The summed E-state index contributed by atoms with van der Waals surface area (Å²) < 4.78 is 23.7. The second kappa shape index (κ2) is 6.33. The first-order chi connectivity index (χ1) is 12.1. The molecule has 3 heterocycles. The van der Waals surface area contributed by atoms with Gasteiger partial charge in [-0.2, -0.15) is 4.98 Å². The van der Waals surface area contributed by atoms with E-state index < -0.39 is 5.82 Å². The van der Waals surface area contributed by atoms with Crippen molar-refractivity contribution in [1.82, 2.24) is 15.0 Å². The summed E-state index contributed by atoms with van der Waals surface area (Å²) in [6, 6.07) is 7.89. The largest absolute Gasteiger partial charge is 0.459 e. The smallest absolute Gasteiger partial charge is 0.293 e. The molecule has 1 saturated heterocycles. The molecule has 0 aliphatic carbocycles. The number of carbonyl (C=O) groups is 1. The number of likely N-dealkylation sites (tertiary alicyclic amines) is 1. The number of rotatable bonds is 4. The first-order valence-electron chi connectivity index (χ1n) is 7.69. The highest BCUT2D eigenvalue weighted by Crippen LogP contribution is 2.29. The molecule has 128 valence electrons. The number of nitrogens with zero attached hydrogens (tertiary/aromatic N) is 3. The van der Waals surface area contributed by atoms with Gasteiger partial charge in [-0.25, -0.2) is 4.39 Å². The van der Waals surface area contributed by atoms with Crippen LogP contribution in [-0.4, -0.2) is 27.5 Å². The fraction of sp³-hybridized carbons (Fsp3) is 0.235. The van der Waals surface area contributed by atoms with Crippen LogP contribution in [0.2, 0.25) is 5.02 Å². The predicted octanol–water partition coefficient (Wildman–Crippen LogP) is 3.64. The zero-order valence-electron chi connectivity index (χ0n) is 13.0. The van der Waals surface area contributed by atoms with E-state index in [1.54, 1.807) is 23.1 Å². The predicted molar refractivity (Wildman–Crippen MR) is 86.2 cm³/mol. The Bertz CT molecular complexity index is 910. The molecule has 3 aromatic rings. The van der Waals surface area contributed by atoms with Crippen molar-refractivity contribution in [3.05, 3.63) is 58.8 Å². The fourth-order valence-electron chi connectivity index (χ4n) is 2.86. The summed E-state index contributed by atoms with van der Waals surface area (Å²) in [4.78, 5) is 18.3. The van der Waals surface area contributed by atoms with Crippen LogP contribution >= 0.6 is 11.6 Å². The van der Waals surface area contributed by atoms with Crippen molar-refractivity contribution in [1.29, 1.82) is 0 Å². The average Bonchev–Trinajstić information content (AvgIpc) is 3.32. The van der Waals surface area contributed by atoms with Crippen molar-refractivity contribution in [2.24, 2.45) is 0 Å². The highest BCUT2D eigenvalue weighted by atomic mass is 35.5. The maximum Gasteiger partial charge on any atom is 0.293 e. The van der Waals surface area contributed by atoms with Gasteiger partial charge in [0.15, 0.2) is 11.6 Å². The van der Waals surface area contributed by atoms with Crippen LogP contribution in [0.5, 0.6) is 0 Å². The molecule has 1 unspecified atom stereocenters. The second-order valence-corrected chi connectivity index (χ2v) is 6.27. The van der Waals surface area contributed by atoms with Gasteiger partial charge in [-0.1, -0.05) is 22.8 Å². The Kier molecular flexibility index (Phi) is 4.01. The summed E-state index contributed by atoms with van der Waals surface area (Å²) >= 11 is 5.79. The normalized spacial score (nSPS) is 17.4. The van der Waals surface area contributed by atoms with E-state index in [1.807, 2.05) is 0 Å². The molecule has 1 fully saturated rings. The van der Waals surface area contributed by atoms with Gasteiger partial charge in [-0.15, -0.1) is 0 Å². The van der Waals surface area contributed by atoms with Crippen molar-refractivity contribution >= 4 is 17.5 Å². The van der Waals surface area contributed by atoms with Gasteiger partial charge >= 0.3 is 0 Å². The monoisotopic (exact) mass is 361 g/mol. The van der Waals surface area contributed by atoms with Gasteiger partial charge in [0.25, 0.3) is 5.89 Å². The van der Waals surface area contributed by atoms with E-state index in [4.69, 9.17) is 20.5 Å². The third-order valence-corrected chi connectivity index (χ3v) is 4.40. The quantitative estimate of drug-likeness (QED) is 0.709. The van der Waals surface area contributed by atoms with Gasteiger partial charge in [0.1, 0.15) is 5.82 Å². The summed E-state index contributed by atoms with van der Waals surface area (Å²) in [5.41, 5.74) is 0.768. The molecule has 25 heavy (non-hydrogen) atoms. The maximum atomic E-state index is 13.2. The highest BCUT2D eigenvalue weighted by molar-refractivity contribution is 6.30. The van der Waals surface area contributed by atoms with E-state index in [2.05, 4.69) is 10.1 Å². The van der Waals surface area contributed by atoms with Crippen LogP contribution in [0.25, 0.3) is 11.7 Å². The number of aromatic nitrogens is 2. The van der Waals surface area contributed by atoms with Crippen molar-refractivity contribution in [2.45, 2.75) is 18.9 Å². The van der Waals surface area contributed by atoms with Crippen molar-refractivity contribution in [3.8, 4) is 11.7 Å². The molecule has 1 aliphatic rings. The molecule has 2 aromatic heterocycles. The molecule has 1 aliphatic heterocycles. The molecule has 1 amide bonds. The van der Waals surface area contributed by atoms with Gasteiger partial charge < -0.3 is 13.8 Å². The van der Waals surface area contributed by atoms with E-state index in [9.17, 15) is 9.18 Å². The van der Waals surface area contributed by atoms with Gasteiger partial charge in [-0.3, -0.25) is 4.79 Å². The number of halogens is 2. The lowest BCUT2D eigenvalue weighted by Gasteiger charge is -2.16. The molecular weight excluding hydrogens is 349 g/mol. The lowest BCUT2D eigenvalue weighted by Crippen LogP contribution is -2.24. The first kappa shape index (κ1) is 15.8. The number of hydrogen-bond acceptors (Lipinski definition) is 5. The Morgan fingerprint density at radius 2 is 2.24 bits per heavy atom. The Morgan fingerprint density at radius 1 is 1.36 bits per heavy atom. The van der Waals surface area contributed by atoms with E-state index in [0.717, 1.165) is 5.56 Å². The Morgan fingerprint density at radius 3 is 3.00 bits per heavy atom. The lowest BCUT2D eigenvalue weighted by molar-refractivity contribution is -0.128. The number of benzene rings is 1. The summed E-state index contributed by atoms with van der Waals surface area (Å²) in [5.74, 6) is 0.593. The summed E-state index contributed by atoms with van der Waals surface area (Å²) in [6.07, 6.45) is 1.82. The van der Waals surface area contributed by atoms with E-state index >= 15 is 0 Å². The third kappa shape index (κ3) is 3.15. The van der Waals surface area contributed by atoms with Crippen LogP contribution in [0.15, 0.2) is 45.5 Å². The molecule has 0 N–H and O–H groups in total. The van der Waals surface area contributed by atoms with Gasteiger partial charge in [-0.05, 0) is 29.8 Å². The summed E-state index contributed by atoms with van der Waals surface area (Å²) in [5, 5.41) is 4.00. The van der Waals surface area contributed by atoms with Gasteiger partial charge in [0, 0.05) is 25.4 Å². The van der Waals surface area contributed by atoms with E-state index in [1.165, 1.54) is 18.4 Å². The molecule has 6 nitrogen and oxygen atoms in total. The van der Waals surface area contributed by atoms with E-state index in [0.29, 0.717) is 31.1 Å². The summed E-state index contributed by atoms with van der Waals surface area (Å²) in [7, 11) is 0. The molecule has 0 radical (unpaired) electrons. The van der Waals surface area contributed by atoms with Gasteiger partial charge in [0.05, 0.1) is 11.3 Å². The number of furan rings is 1.